The molecule has 0 unspecified atom stereocenters. The fourth-order valence-corrected chi connectivity index (χ4v) is 3.34. The van der Waals surface area contributed by atoms with E-state index < -0.39 is 11.7 Å². The molecule has 0 amide bonds. The molecule has 0 fully saturated rings. The lowest BCUT2D eigenvalue weighted by Gasteiger charge is -2.09. The molecule has 0 radical (unpaired) electrons. The van der Waals surface area contributed by atoms with Crippen LogP contribution in [0.3, 0.4) is 0 Å². The quantitative estimate of drug-likeness (QED) is 0.579. The molecule has 0 aliphatic heterocycles. The van der Waals surface area contributed by atoms with E-state index in [2.05, 4.69) is 0 Å². The van der Waals surface area contributed by atoms with E-state index in [0.717, 1.165) is 22.2 Å². The lowest BCUT2D eigenvalue weighted by Crippen LogP contribution is -2.04. The lowest BCUT2D eigenvalue weighted by molar-refractivity contribution is -0.137. The van der Waals surface area contributed by atoms with Crippen LogP contribution in [-0.4, -0.2) is 6.29 Å². The molecule has 1 aromatic heterocycles. The average Bonchev–Trinajstić information content (AvgIpc) is 2.85. The van der Waals surface area contributed by atoms with Crippen molar-refractivity contribution in [3.63, 3.8) is 0 Å². The number of thiophene rings is 1. The van der Waals surface area contributed by atoms with Crippen molar-refractivity contribution in [2.75, 3.05) is 0 Å². The van der Waals surface area contributed by atoms with Gasteiger partial charge >= 0.3 is 6.18 Å². The molecule has 0 saturated heterocycles. The summed E-state index contributed by atoms with van der Waals surface area (Å²) in [6.07, 6.45) is -3.70. The zero-order valence-electron chi connectivity index (χ0n) is 10.6. The van der Waals surface area contributed by atoms with Crippen LogP contribution in [0.15, 0.2) is 48.5 Å². The van der Waals surface area contributed by atoms with Crippen molar-refractivity contribution < 1.29 is 18.0 Å². The van der Waals surface area contributed by atoms with Gasteiger partial charge in [0.05, 0.1) is 10.4 Å². The van der Waals surface area contributed by atoms with E-state index in [0.29, 0.717) is 22.3 Å². The van der Waals surface area contributed by atoms with Gasteiger partial charge < -0.3 is 0 Å². The van der Waals surface area contributed by atoms with Gasteiger partial charge in [0.25, 0.3) is 0 Å². The van der Waals surface area contributed by atoms with Gasteiger partial charge in [-0.3, -0.25) is 4.79 Å². The zero-order valence-corrected chi connectivity index (χ0v) is 11.5. The second kappa shape index (κ2) is 5.00. The van der Waals surface area contributed by atoms with Gasteiger partial charge in [0.1, 0.15) is 0 Å². The molecule has 0 saturated carbocycles. The number of alkyl halides is 3. The third-order valence-corrected chi connectivity index (χ3v) is 4.30. The van der Waals surface area contributed by atoms with Gasteiger partial charge in [-0.15, -0.1) is 11.3 Å². The Bertz CT molecular complexity index is 818. The Hall–Kier alpha value is -2.14. The van der Waals surface area contributed by atoms with Crippen molar-refractivity contribution in [2.45, 2.75) is 6.18 Å². The fraction of sp³-hybridized carbons (Fsp3) is 0.0625. The number of hydrogen-bond donors (Lipinski definition) is 0. The molecule has 0 N–H and O–H groups in total. The Morgan fingerprint density at radius 1 is 1.00 bits per heavy atom. The van der Waals surface area contributed by atoms with Crippen LogP contribution in [0.5, 0.6) is 0 Å². The van der Waals surface area contributed by atoms with Crippen molar-refractivity contribution in [1.82, 2.24) is 0 Å². The molecule has 0 atom stereocenters. The third-order valence-electron chi connectivity index (χ3n) is 3.21. The van der Waals surface area contributed by atoms with Crippen molar-refractivity contribution in [2.24, 2.45) is 0 Å². The SMILES string of the molecule is O=Cc1sc2ccccc2c1-c1cccc(C(F)(F)F)c1. The predicted octanol–water partition coefficient (Wildman–Crippen LogP) is 5.40. The smallest absolute Gasteiger partial charge is 0.297 e. The summed E-state index contributed by atoms with van der Waals surface area (Å²) in [4.78, 5) is 11.7. The highest BCUT2D eigenvalue weighted by Gasteiger charge is 2.30. The third kappa shape index (κ3) is 2.45. The van der Waals surface area contributed by atoms with Crippen molar-refractivity contribution in [3.05, 3.63) is 59.0 Å². The molecule has 0 spiro atoms. The number of hydrogen-bond acceptors (Lipinski definition) is 2. The summed E-state index contributed by atoms with van der Waals surface area (Å²) >= 11 is 1.28. The van der Waals surface area contributed by atoms with Gasteiger partial charge in [0.15, 0.2) is 6.29 Å². The molecular formula is C16H9F3OS. The predicted molar refractivity (Wildman–Crippen MR) is 77.7 cm³/mol. The highest BCUT2D eigenvalue weighted by Crippen LogP contribution is 2.39. The number of fused-ring (bicyclic) bond motifs is 1. The molecular weight excluding hydrogens is 297 g/mol. The molecule has 1 nitrogen and oxygen atoms in total. The summed E-state index contributed by atoms with van der Waals surface area (Å²) in [7, 11) is 0. The van der Waals surface area contributed by atoms with Crippen LogP contribution in [0.4, 0.5) is 13.2 Å². The van der Waals surface area contributed by atoms with Gasteiger partial charge in [0, 0.05) is 15.6 Å². The Morgan fingerprint density at radius 3 is 2.48 bits per heavy atom. The molecule has 3 aromatic rings. The second-order valence-electron chi connectivity index (χ2n) is 4.53. The van der Waals surface area contributed by atoms with Gasteiger partial charge in [-0.2, -0.15) is 13.2 Å². The van der Waals surface area contributed by atoms with E-state index in [4.69, 9.17) is 0 Å². The van der Waals surface area contributed by atoms with E-state index in [9.17, 15) is 18.0 Å². The van der Waals surface area contributed by atoms with Crippen LogP contribution in [0.2, 0.25) is 0 Å². The maximum Gasteiger partial charge on any atom is 0.416 e. The van der Waals surface area contributed by atoms with Crippen LogP contribution in [0.25, 0.3) is 21.2 Å². The van der Waals surface area contributed by atoms with Crippen LogP contribution >= 0.6 is 11.3 Å². The summed E-state index contributed by atoms with van der Waals surface area (Å²) in [5, 5.41) is 0.795. The summed E-state index contributed by atoms with van der Waals surface area (Å²) in [6.45, 7) is 0. The molecule has 0 bridgehead atoms. The molecule has 0 aliphatic carbocycles. The van der Waals surface area contributed by atoms with Crippen molar-refractivity contribution in [3.8, 4) is 11.1 Å². The van der Waals surface area contributed by atoms with Gasteiger partial charge in [0.2, 0.25) is 0 Å². The zero-order chi connectivity index (χ0) is 15.0. The largest absolute Gasteiger partial charge is 0.416 e. The standard InChI is InChI=1S/C16H9F3OS/c17-16(18,19)11-5-3-4-10(8-11)15-12-6-1-2-7-13(12)21-14(15)9-20/h1-9H. The normalized spacial score (nSPS) is 11.8. The maximum atomic E-state index is 12.8. The molecule has 5 heteroatoms. The molecule has 21 heavy (non-hydrogen) atoms. The molecule has 1 heterocycles. The minimum atomic E-state index is -4.40. The first kappa shape index (κ1) is 13.8. The van der Waals surface area contributed by atoms with E-state index >= 15 is 0 Å². The van der Waals surface area contributed by atoms with Crippen LogP contribution in [0, 0.1) is 0 Å². The number of carbonyl (C=O) groups excluding carboxylic acids is 1. The topological polar surface area (TPSA) is 17.1 Å². The summed E-state index contributed by atoms with van der Waals surface area (Å²) in [5.74, 6) is 0. The number of benzene rings is 2. The highest BCUT2D eigenvalue weighted by atomic mass is 32.1. The number of carbonyl (C=O) groups is 1. The Morgan fingerprint density at radius 2 is 1.76 bits per heavy atom. The first-order valence-corrected chi connectivity index (χ1v) is 6.96. The van der Waals surface area contributed by atoms with Gasteiger partial charge in [-0.05, 0) is 23.8 Å². The molecule has 0 aliphatic rings. The van der Waals surface area contributed by atoms with E-state index in [1.165, 1.54) is 17.4 Å². The van der Waals surface area contributed by atoms with E-state index in [1.54, 1.807) is 12.1 Å². The van der Waals surface area contributed by atoms with Crippen molar-refractivity contribution in [1.29, 1.82) is 0 Å². The first-order valence-electron chi connectivity index (χ1n) is 6.15. The average molecular weight is 306 g/mol. The Labute approximate surface area is 122 Å². The monoisotopic (exact) mass is 306 g/mol. The van der Waals surface area contributed by atoms with Crippen LogP contribution < -0.4 is 0 Å². The summed E-state index contributed by atoms with van der Waals surface area (Å²) in [6, 6.07) is 12.4. The number of halogens is 3. The van der Waals surface area contributed by atoms with Crippen LogP contribution in [0.1, 0.15) is 15.2 Å². The number of aldehydes is 1. The van der Waals surface area contributed by atoms with E-state index in [1.807, 2.05) is 18.2 Å². The molecule has 2 aromatic carbocycles. The fourth-order valence-electron chi connectivity index (χ4n) is 2.30. The second-order valence-corrected chi connectivity index (χ2v) is 5.62. The van der Waals surface area contributed by atoms with Gasteiger partial charge in [-0.25, -0.2) is 0 Å². The lowest BCUT2D eigenvalue weighted by atomic mass is 10.00. The Kier molecular flexibility index (Phi) is 3.29. The first-order chi connectivity index (χ1) is 10.0. The minimum absolute atomic E-state index is 0.407. The Balaban J connectivity index is 2.27. The maximum absolute atomic E-state index is 12.8. The number of rotatable bonds is 2. The van der Waals surface area contributed by atoms with Crippen LogP contribution in [-0.2, 0) is 6.18 Å². The van der Waals surface area contributed by atoms with Crippen molar-refractivity contribution >= 4 is 27.7 Å². The molecule has 3 rings (SSSR count). The molecule has 106 valence electrons. The minimum Gasteiger partial charge on any atom is -0.297 e. The summed E-state index contributed by atoms with van der Waals surface area (Å²) in [5.41, 5.74) is 0.258. The summed E-state index contributed by atoms with van der Waals surface area (Å²) < 4.78 is 39.4. The van der Waals surface area contributed by atoms with E-state index in [-0.39, 0.29) is 0 Å². The highest BCUT2D eigenvalue weighted by molar-refractivity contribution is 7.21. The van der Waals surface area contributed by atoms with Gasteiger partial charge in [-0.1, -0.05) is 30.3 Å².